The van der Waals surface area contributed by atoms with Crippen LogP contribution in [0.4, 0.5) is 0 Å². The smallest absolute Gasteiger partial charge is 0.303 e. The topological polar surface area (TPSA) is 54.4 Å². The number of unbranched alkanes of at least 4 members (excludes halogenated alkanes) is 10. The second kappa shape index (κ2) is 18.0. The van der Waals surface area contributed by atoms with Crippen molar-refractivity contribution in [3.63, 3.8) is 0 Å². The highest BCUT2D eigenvalue weighted by molar-refractivity contribution is 5.89. The van der Waals surface area contributed by atoms with E-state index in [2.05, 4.69) is 13.0 Å². The number of hydrogen-bond donors (Lipinski definition) is 1. The van der Waals surface area contributed by atoms with Crippen molar-refractivity contribution in [1.82, 2.24) is 0 Å². The summed E-state index contributed by atoms with van der Waals surface area (Å²) in [5.74, 6) is -0.470. The molecule has 0 amide bonds. The van der Waals surface area contributed by atoms with Gasteiger partial charge in [-0.1, -0.05) is 76.5 Å². The highest BCUT2D eigenvalue weighted by atomic mass is 16.4. The summed E-state index contributed by atoms with van der Waals surface area (Å²) in [6, 6.07) is 0. The fraction of sp³-hybridized carbons (Fsp3) is 0.714. The van der Waals surface area contributed by atoms with E-state index in [1.54, 1.807) is 6.08 Å². The van der Waals surface area contributed by atoms with E-state index in [4.69, 9.17) is 5.11 Å². The van der Waals surface area contributed by atoms with Crippen molar-refractivity contribution in [1.29, 1.82) is 0 Å². The molecule has 0 bridgehead atoms. The van der Waals surface area contributed by atoms with E-state index in [9.17, 15) is 9.59 Å². The van der Waals surface area contributed by atoms with Gasteiger partial charge in [-0.05, 0) is 31.8 Å². The Morgan fingerprint density at radius 3 is 1.92 bits per heavy atom. The van der Waals surface area contributed by atoms with Gasteiger partial charge < -0.3 is 5.11 Å². The zero-order valence-corrected chi connectivity index (χ0v) is 15.5. The number of carbonyl (C=O) groups is 2. The molecule has 0 saturated carbocycles. The predicted octanol–water partition coefficient (Wildman–Crippen LogP) is 6.23. The molecule has 0 unspecified atom stereocenters. The first-order valence-electron chi connectivity index (χ1n) is 9.74. The zero-order chi connectivity index (χ0) is 17.9. The molecule has 0 aliphatic heterocycles. The van der Waals surface area contributed by atoms with Crippen LogP contribution >= 0.6 is 0 Å². The maximum atomic E-state index is 11.7. The molecule has 0 aliphatic carbocycles. The van der Waals surface area contributed by atoms with Gasteiger partial charge in [0.15, 0.2) is 5.78 Å². The first kappa shape index (κ1) is 22.6. The number of hydrogen-bond acceptors (Lipinski definition) is 2. The van der Waals surface area contributed by atoms with Gasteiger partial charge in [-0.15, -0.1) is 0 Å². The Morgan fingerprint density at radius 1 is 0.750 bits per heavy atom. The van der Waals surface area contributed by atoms with Crippen LogP contribution in [0, 0.1) is 0 Å². The van der Waals surface area contributed by atoms with Crippen molar-refractivity contribution in [2.75, 3.05) is 0 Å². The summed E-state index contributed by atoms with van der Waals surface area (Å²) in [5.41, 5.74) is 0. The van der Waals surface area contributed by atoms with Crippen LogP contribution in [0.5, 0.6) is 0 Å². The second-order valence-electron chi connectivity index (χ2n) is 6.47. The standard InChI is InChI=1S/C21H36O3/c1-2-3-4-5-8-11-14-17-20(22)18-15-12-9-6-7-10-13-16-19-21(23)24/h8,11,14,17H,2-7,9-10,12-13,15-16,18-19H2,1H3,(H,23,24)/b11-8+,17-14+. The Labute approximate surface area is 148 Å². The predicted molar refractivity (Wildman–Crippen MR) is 101 cm³/mol. The van der Waals surface area contributed by atoms with Gasteiger partial charge in [0, 0.05) is 12.8 Å². The molecule has 1 N–H and O–H groups in total. The van der Waals surface area contributed by atoms with Gasteiger partial charge in [0.25, 0.3) is 0 Å². The van der Waals surface area contributed by atoms with E-state index in [-0.39, 0.29) is 5.78 Å². The molecule has 0 saturated heterocycles. The summed E-state index contributed by atoms with van der Waals surface area (Å²) < 4.78 is 0. The largest absolute Gasteiger partial charge is 0.481 e. The van der Waals surface area contributed by atoms with Gasteiger partial charge in [-0.2, -0.15) is 0 Å². The molecule has 0 heterocycles. The van der Waals surface area contributed by atoms with Crippen LogP contribution in [0.2, 0.25) is 0 Å². The lowest BCUT2D eigenvalue weighted by molar-refractivity contribution is -0.137. The van der Waals surface area contributed by atoms with Crippen LogP contribution < -0.4 is 0 Å². The van der Waals surface area contributed by atoms with E-state index in [1.807, 2.05) is 12.2 Å². The van der Waals surface area contributed by atoms with Crippen LogP contribution in [-0.4, -0.2) is 16.9 Å². The molecule has 138 valence electrons. The van der Waals surface area contributed by atoms with Crippen LogP contribution in [0.1, 0.15) is 96.8 Å². The first-order valence-corrected chi connectivity index (χ1v) is 9.74. The van der Waals surface area contributed by atoms with E-state index in [1.165, 1.54) is 38.5 Å². The van der Waals surface area contributed by atoms with Crippen molar-refractivity contribution in [3.05, 3.63) is 24.3 Å². The number of allylic oxidation sites excluding steroid dienone is 4. The van der Waals surface area contributed by atoms with E-state index >= 15 is 0 Å². The molecule has 0 aromatic rings. The maximum absolute atomic E-state index is 11.7. The SMILES string of the molecule is CCCCC/C=C/C=C/C(=O)CCCCCCCCCCC(=O)O. The molecule has 24 heavy (non-hydrogen) atoms. The Morgan fingerprint density at radius 2 is 1.33 bits per heavy atom. The number of ketones is 1. The van der Waals surface area contributed by atoms with Crippen molar-refractivity contribution in [2.24, 2.45) is 0 Å². The average molecular weight is 337 g/mol. The minimum absolute atomic E-state index is 0.224. The lowest BCUT2D eigenvalue weighted by Crippen LogP contribution is -1.93. The molecule has 0 aromatic carbocycles. The number of carbonyl (C=O) groups excluding carboxylic acids is 1. The highest BCUT2D eigenvalue weighted by Crippen LogP contribution is 2.11. The van der Waals surface area contributed by atoms with Crippen LogP contribution in [0.3, 0.4) is 0 Å². The zero-order valence-electron chi connectivity index (χ0n) is 15.5. The lowest BCUT2D eigenvalue weighted by atomic mass is 10.1. The van der Waals surface area contributed by atoms with Crippen LogP contribution in [0.15, 0.2) is 24.3 Å². The number of carboxylic acids is 1. The van der Waals surface area contributed by atoms with Gasteiger partial charge in [-0.25, -0.2) is 0 Å². The van der Waals surface area contributed by atoms with Crippen molar-refractivity contribution < 1.29 is 14.7 Å². The van der Waals surface area contributed by atoms with E-state index in [0.29, 0.717) is 12.8 Å². The normalized spacial score (nSPS) is 11.5. The fourth-order valence-corrected chi connectivity index (χ4v) is 2.57. The molecule has 0 atom stereocenters. The number of rotatable bonds is 17. The third-order valence-electron chi connectivity index (χ3n) is 4.07. The van der Waals surface area contributed by atoms with Crippen molar-refractivity contribution >= 4 is 11.8 Å². The molecule has 3 nitrogen and oxygen atoms in total. The quantitative estimate of drug-likeness (QED) is 0.194. The minimum atomic E-state index is -0.694. The third kappa shape index (κ3) is 18.7. The lowest BCUT2D eigenvalue weighted by Gasteiger charge is -2.01. The van der Waals surface area contributed by atoms with Gasteiger partial charge in [-0.3, -0.25) is 9.59 Å². The summed E-state index contributed by atoms with van der Waals surface area (Å²) in [7, 11) is 0. The van der Waals surface area contributed by atoms with E-state index in [0.717, 1.165) is 38.5 Å². The molecule has 0 spiro atoms. The molecule has 0 radical (unpaired) electrons. The first-order chi connectivity index (χ1) is 11.7. The second-order valence-corrected chi connectivity index (χ2v) is 6.47. The Kier molecular flexibility index (Phi) is 16.9. The van der Waals surface area contributed by atoms with Gasteiger partial charge in [0.2, 0.25) is 0 Å². The molecule has 0 aliphatic rings. The summed E-state index contributed by atoms with van der Waals surface area (Å²) in [6.45, 7) is 2.20. The van der Waals surface area contributed by atoms with Crippen LogP contribution in [-0.2, 0) is 9.59 Å². The monoisotopic (exact) mass is 336 g/mol. The van der Waals surface area contributed by atoms with Gasteiger partial charge >= 0.3 is 5.97 Å². The van der Waals surface area contributed by atoms with Crippen LogP contribution in [0.25, 0.3) is 0 Å². The van der Waals surface area contributed by atoms with Gasteiger partial charge in [0.1, 0.15) is 0 Å². The Hall–Kier alpha value is -1.38. The average Bonchev–Trinajstić information content (AvgIpc) is 2.55. The molecule has 3 heteroatoms. The van der Waals surface area contributed by atoms with Crippen molar-refractivity contribution in [2.45, 2.75) is 96.8 Å². The van der Waals surface area contributed by atoms with Gasteiger partial charge in [0.05, 0.1) is 0 Å². The summed E-state index contributed by atoms with van der Waals surface area (Å²) in [4.78, 5) is 22.0. The number of aliphatic carboxylic acids is 1. The fourth-order valence-electron chi connectivity index (χ4n) is 2.57. The molecule has 0 rings (SSSR count). The Bertz CT molecular complexity index is 369. The molecular formula is C21H36O3. The highest BCUT2D eigenvalue weighted by Gasteiger charge is 1.98. The van der Waals surface area contributed by atoms with E-state index < -0.39 is 5.97 Å². The maximum Gasteiger partial charge on any atom is 0.303 e. The van der Waals surface area contributed by atoms with Crippen molar-refractivity contribution in [3.8, 4) is 0 Å². The number of carboxylic acid groups (broad SMARTS) is 1. The Balaban J connectivity index is 3.35. The minimum Gasteiger partial charge on any atom is -0.481 e. The third-order valence-corrected chi connectivity index (χ3v) is 4.07. The molecular weight excluding hydrogens is 300 g/mol. The molecule has 0 fully saturated rings. The summed E-state index contributed by atoms with van der Waals surface area (Å²) >= 11 is 0. The molecule has 0 aromatic heterocycles. The summed E-state index contributed by atoms with van der Waals surface area (Å²) in [6.07, 6.45) is 22.0. The summed E-state index contributed by atoms with van der Waals surface area (Å²) in [5, 5.41) is 8.53.